The van der Waals surface area contributed by atoms with Crippen LogP contribution in [0.2, 0.25) is 10.0 Å². The first kappa shape index (κ1) is 21.4. The molecule has 29 heavy (non-hydrogen) atoms. The summed E-state index contributed by atoms with van der Waals surface area (Å²) in [6, 6.07) is 11.9. The Bertz CT molecular complexity index is 1050. The molecule has 0 radical (unpaired) electrons. The fraction of sp³-hybridized carbons (Fsp3) is 0.158. The van der Waals surface area contributed by atoms with Crippen LogP contribution in [0.15, 0.2) is 48.5 Å². The van der Waals surface area contributed by atoms with Crippen molar-refractivity contribution in [1.29, 1.82) is 0 Å². The molecule has 0 unspecified atom stereocenters. The van der Waals surface area contributed by atoms with Crippen molar-refractivity contribution in [3.63, 3.8) is 0 Å². The standard InChI is InChI=1S/C19H15Cl2F3N4S/c1-11-7-17(26-18(29)25-14-5-6-15(20)16(21)9-14)27-28(11)10-12-3-2-4-13(8-12)19(22,23)24/h2-9H,10H2,1H3,(H2,25,26,27,29). The van der Waals surface area contributed by atoms with Crippen LogP contribution in [-0.4, -0.2) is 14.9 Å². The number of aryl methyl sites for hydroxylation is 1. The monoisotopic (exact) mass is 458 g/mol. The molecule has 152 valence electrons. The molecule has 0 atom stereocenters. The summed E-state index contributed by atoms with van der Waals surface area (Å²) in [6.45, 7) is 2.01. The lowest BCUT2D eigenvalue weighted by Gasteiger charge is -2.10. The number of alkyl halides is 3. The zero-order chi connectivity index (χ0) is 21.2. The maximum atomic E-state index is 12.9. The third-order valence-electron chi connectivity index (χ3n) is 3.99. The summed E-state index contributed by atoms with van der Waals surface area (Å²) in [4.78, 5) is 0. The zero-order valence-corrected chi connectivity index (χ0v) is 17.3. The molecule has 3 aromatic rings. The van der Waals surface area contributed by atoms with E-state index in [-0.39, 0.29) is 11.7 Å². The zero-order valence-electron chi connectivity index (χ0n) is 15.0. The minimum atomic E-state index is -4.38. The third kappa shape index (κ3) is 5.62. The summed E-state index contributed by atoms with van der Waals surface area (Å²) in [7, 11) is 0. The van der Waals surface area contributed by atoms with Crippen LogP contribution >= 0.6 is 35.4 Å². The van der Waals surface area contributed by atoms with Crippen LogP contribution in [0.25, 0.3) is 0 Å². The fourth-order valence-corrected chi connectivity index (χ4v) is 3.12. The Labute approximate surface area is 180 Å². The highest BCUT2D eigenvalue weighted by Gasteiger charge is 2.30. The molecule has 0 saturated heterocycles. The number of rotatable bonds is 4. The van der Waals surface area contributed by atoms with Gasteiger partial charge in [-0.1, -0.05) is 35.3 Å². The van der Waals surface area contributed by atoms with E-state index in [2.05, 4.69) is 15.7 Å². The SMILES string of the molecule is Cc1cc(NC(=S)Nc2ccc(Cl)c(Cl)c2)nn1Cc1cccc(C(F)(F)F)c1. The van der Waals surface area contributed by atoms with Crippen molar-refractivity contribution in [2.45, 2.75) is 19.6 Å². The molecule has 0 aliphatic heterocycles. The quantitative estimate of drug-likeness (QED) is 0.445. The Morgan fingerprint density at radius 1 is 1.07 bits per heavy atom. The molecular formula is C19H15Cl2F3N4S. The average Bonchev–Trinajstić information content (AvgIpc) is 2.96. The predicted molar refractivity (Wildman–Crippen MR) is 114 cm³/mol. The van der Waals surface area contributed by atoms with Crippen LogP contribution in [0.3, 0.4) is 0 Å². The van der Waals surface area contributed by atoms with E-state index < -0.39 is 11.7 Å². The number of nitrogens with one attached hydrogen (secondary N) is 2. The third-order valence-corrected chi connectivity index (χ3v) is 4.93. The Balaban J connectivity index is 1.68. The lowest BCUT2D eigenvalue weighted by atomic mass is 10.1. The number of hydrogen-bond donors (Lipinski definition) is 2. The highest BCUT2D eigenvalue weighted by molar-refractivity contribution is 7.80. The molecule has 0 bridgehead atoms. The van der Waals surface area contributed by atoms with Gasteiger partial charge in [0.1, 0.15) is 0 Å². The second-order valence-electron chi connectivity index (χ2n) is 6.23. The van der Waals surface area contributed by atoms with Gasteiger partial charge in [-0.15, -0.1) is 0 Å². The van der Waals surface area contributed by atoms with Crippen molar-refractivity contribution in [3.8, 4) is 0 Å². The molecule has 10 heteroatoms. The highest BCUT2D eigenvalue weighted by atomic mass is 35.5. The maximum Gasteiger partial charge on any atom is 0.416 e. The summed E-state index contributed by atoms with van der Waals surface area (Å²) in [5.41, 5.74) is 1.22. The van der Waals surface area contributed by atoms with Gasteiger partial charge in [-0.2, -0.15) is 18.3 Å². The van der Waals surface area contributed by atoms with Crippen molar-refractivity contribution >= 4 is 52.0 Å². The summed E-state index contributed by atoms with van der Waals surface area (Å²) in [5, 5.41) is 11.4. The highest BCUT2D eigenvalue weighted by Crippen LogP contribution is 2.30. The van der Waals surface area contributed by atoms with E-state index in [1.165, 1.54) is 6.07 Å². The van der Waals surface area contributed by atoms with Crippen LogP contribution in [0.1, 0.15) is 16.8 Å². The topological polar surface area (TPSA) is 41.9 Å². The molecule has 2 N–H and O–H groups in total. The van der Waals surface area contributed by atoms with E-state index in [1.54, 1.807) is 41.9 Å². The number of halogens is 5. The molecule has 1 aromatic heterocycles. The van der Waals surface area contributed by atoms with Crippen LogP contribution in [0.5, 0.6) is 0 Å². The molecule has 2 aromatic carbocycles. The molecule has 4 nitrogen and oxygen atoms in total. The van der Waals surface area contributed by atoms with E-state index in [1.807, 2.05) is 0 Å². The van der Waals surface area contributed by atoms with Crippen molar-refractivity contribution in [2.24, 2.45) is 0 Å². The summed E-state index contributed by atoms with van der Waals surface area (Å²) < 4.78 is 40.3. The summed E-state index contributed by atoms with van der Waals surface area (Å²) in [5.74, 6) is 0.465. The first-order valence-electron chi connectivity index (χ1n) is 8.35. The van der Waals surface area contributed by atoms with Crippen LogP contribution in [0.4, 0.5) is 24.7 Å². The number of benzene rings is 2. The number of aromatic nitrogens is 2. The van der Waals surface area contributed by atoms with Crippen molar-refractivity contribution in [2.75, 3.05) is 10.6 Å². The van der Waals surface area contributed by atoms with Crippen molar-refractivity contribution < 1.29 is 13.2 Å². The predicted octanol–water partition coefficient (Wildman–Crippen LogP) is 6.37. The first-order chi connectivity index (χ1) is 13.6. The van der Waals surface area contributed by atoms with Gasteiger partial charge in [0.15, 0.2) is 10.9 Å². The number of nitrogens with zero attached hydrogens (tertiary/aromatic N) is 2. The lowest BCUT2D eigenvalue weighted by Crippen LogP contribution is -2.19. The van der Waals surface area contributed by atoms with E-state index in [0.717, 1.165) is 17.8 Å². The average molecular weight is 459 g/mol. The van der Waals surface area contributed by atoms with Gasteiger partial charge in [0.25, 0.3) is 0 Å². The van der Waals surface area contributed by atoms with Crippen LogP contribution < -0.4 is 10.6 Å². The molecule has 0 aliphatic carbocycles. The smallest absolute Gasteiger partial charge is 0.332 e. The largest absolute Gasteiger partial charge is 0.416 e. The van der Waals surface area contributed by atoms with Gasteiger partial charge in [-0.05, 0) is 55.0 Å². The van der Waals surface area contributed by atoms with Gasteiger partial charge in [0.05, 0.1) is 22.2 Å². The fourth-order valence-electron chi connectivity index (χ4n) is 2.60. The second kappa shape index (κ2) is 8.61. The van der Waals surface area contributed by atoms with E-state index >= 15 is 0 Å². The molecule has 3 rings (SSSR count). The molecular weight excluding hydrogens is 444 g/mol. The van der Waals surface area contributed by atoms with E-state index in [4.69, 9.17) is 35.4 Å². The van der Waals surface area contributed by atoms with Gasteiger partial charge < -0.3 is 10.6 Å². The van der Waals surface area contributed by atoms with Gasteiger partial charge in [0, 0.05) is 17.4 Å². The number of anilines is 2. The molecule has 0 aliphatic rings. The number of thiocarbonyl (C=S) groups is 1. The lowest BCUT2D eigenvalue weighted by molar-refractivity contribution is -0.137. The normalized spacial score (nSPS) is 11.4. The van der Waals surface area contributed by atoms with E-state index in [0.29, 0.717) is 27.1 Å². The number of hydrogen-bond acceptors (Lipinski definition) is 2. The second-order valence-corrected chi connectivity index (χ2v) is 7.46. The molecule has 0 amide bonds. The van der Waals surface area contributed by atoms with Gasteiger partial charge >= 0.3 is 6.18 Å². The maximum absolute atomic E-state index is 12.9. The van der Waals surface area contributed by atoms with Crippen molar-refractivity contribution in [3.05, 3.63) is 75.4 Å². The van der Waals surface area contributed by atoms with Gasteiger partial charge in [-0.25, -0.2) is 0 Å². The van der Waals surface area contributed by atoms with Gasteiger partial charge in [-0.3, -0.25) is 4.68 Å². The Hall–Kier alpha value is -2.29. The molecule has 0 spiro atoms. The summed E-state index contributed by atoms with van der Waals surface area (Å²) in [6.07, 6.45) is -4.38. The Morgan fingerprint density at radius 3 is 2.52 bits per heavy atom. The molecule has 0 saturated carbocycles. The van der Waals surface area contributed by atoms with Crippen LogP contribution in [0, 0.1) is 6.92 Å². The minimum absolute atomic E-state index is 0.199. The van der Waals surface area contributed by atoms with Crippen molar-refractivity contribution in [1.82, 2.24) is 9.78 Å². The van der Waals surface area contributed by atoms with Crippen LogP contribution in [-0.2, 0) is 12.7 Å². The minimum Gasteiger partial charge on any atom is -0.332 e. The van der Waals surface area contributed by atoms with Gasteiger partial charge in [0.2, 0.25) is 0 Å². The Kier molecular flexibility index (Phi) is 6.36. The summed E-state index contributed by atoms with van der Waals surface area (Å²) >= 11 is 17.1. The first-order valence-corrected chi connectivity index (χ1v) is 9.52. The van der Waals surface area contributed by atoms with E-state index in [9.17, 15) is 13.2 Å². The molecule has 0 fully saturated rings. The Morgan fingerprint density at radius 2 is 1.83 bits per heavy atom. The molecule has 1 heterocycles.